The monoisotopic (exact) mass is 813 g/mol. The van der Waals surface area contributed by atoms with E-state index in [0.717, 1.165) is 65.0 Å². The van der Waals surface area contributed by atoms with E-state index in [9.17, 15) is 10.2 Å². The van der Waals surface area contributed by atoms with Crippen LogP contribution in [-0.2, 0) is 27.9 Å². The van der Waals surface area contributed by atoms with Crippen LogP contribution in [0.25, 0.3) is 32.7 Å². The van der Waals surface area contributed by atoms with E-state index in [4.69, 9.17) is 9.98 Å². The average molecular weight is 815 g/mol. The van der Waals surface area contributed by atoms with Gasteiger partial charge in [-0.25, -0.2) is 0 Å². The van der Waals surface area contributed by atoms with Gasteiger partial charge in [0.05, 0.1) is 11.4 Å². The maximum absolute atomic E-state index is 13.9. The van der Waals surface area contributed by atoms with E-state index < -0.39 is 0 Å². The minimum atomic E-state index is -0.142. The molecule has 0 N–H and O–H groups in total. The van der Waals surface area contributed by atoms with Crippen molar-refractivity contribution < 1.29 is 27.3 Å². The maximum Gasteiger partial charge on any atom is 2.00 e. The van der Waals surface area contributed by atoms with Crippen molar-refractivity contribution in [3.8, 4) is 22.6 Å². The Morgan fingerprint density at radius 3 is 1.24 bits per heavy atom. The number of fused-ring (bicyclic) bond motifs is 2. The smallest absolute Gasteiger partial charge is 0.871 e. The second kappa shape index (κ2) is 17.0. The molecular weight excluding hydrogens is 764 g/mol. The van der Waals surface area contributed by atoms with E-state index >= 15 is 0 Å². The molecule has 0 amide bonds. The van der Waals surface area contributed by atoms with Crippen LogP contribution in [-0.4, -0.2) is 22.9 Å². The summed E-state index contributed by atoms with van der Waals surface area (Å²) in [6.07, 6.45) is 3.47. The Morgan fingerprint density at radius 1 is 0.527 bits per heavy atom. The Morgan fingerprint density at radius 2 is 0.891 bits per heavy atom. The van der Waals surface area contributed by atoms with Gasteiger partial charge in [0.25, 0.3) is 0 Å². The third-order valence-electron chi connectivity index (χ3n) is 9.37. The molecule has 1 radical (unpaired) electrons. The van der Waals surface area contributed by atoms with Crippen molar-refractivity contribution in [2.24, 2.45) is 9.98 Å². The zero-order valence-corrected chi connectivity index (χ0v) is 36.0. The predicted octanol–water partition coefficient (Wildman–Crippen LogP) is 12.9. The summed E-state index contributed by atoms with van der Waals surface area (Å²) in [5, 5.41) is 32.4. The molecule has 0 aliphatic carbocycles. The molecule has 0 aliphatic rings. The van der Waals surface area contributed by atoms with E-state index in [1.165, 1.54) is 0 Å². The van der Waals surface area contributed by atoms with Gasteiger partial charge in [-0.15, -0.1) is 23.5 Å². The van der Waals surface area contributed by atoms with Gasteiger partial charge in [-0.05, 0) is 78.9 Å². The fourth-order valence-corrected chi connectivity index (χ4v) is 8.38. The van der Waals surface area contributed by atoms with E-state index in [0.29, 0.717) is 11.1 Å². The van der Waals surface area contributed by atoms with Crippen molar-refractivity contribution >= 4 is 68.9 Å². The Kier molecular flexibility index (Phi) is 13.0. The molecule has 0 bridgehead atoms. The van der Waals surface area contributed by atoms with Crippen molar-refractivity contribution in [1.82, 2.24) is 0 Å². The van der Waals surface area contributed by atoms with Crippen LogP contribution < -0.4 is 10.2 Å². The first kappa shape index (κ1) is 42.1. The molecule has 287 valence electrons. The predicted molar refractivity (Wildman–Crippen MR) is 233 cm³/mol. The van der Waals surface area contributed by atoms with Gasteiger partial charge in [0.1, 0.15) is 0 Å². The number of hydrogen-bond acceptors (Lipinski definition) is 6. The van der Waals surface area contributed by atoms with Gasteiger partial charge in [0, 0.05) is 43.8 Å². The van der Waals surface area contributed by atoms with Crippen LogP contribution in [0.1, 0.15) is 91.5 Å². The van der Waals surface area contributed by atoms with Crippen molar-refractivity contribution in [2.75, 3.05) is 0 Å². The Balaban J connectivity index is 0.00000580. The first-order valence-corrected chi connectivity index (χ1v) is 20.4. The summed E-state index contributed by atoms with van der Waals surface area (Å²) >= 11 is 3.19. The third kappa shape index (κ3) is 9.52. The summed E-state index contributed by atoms with van der Waals surface area (Å²) < 4.78 is 0. The molecule has 0 fully saturated rings. The van der Waals surface area contributed by atoms with Crippen LogP contribution in [0.3, 0.4) is 0 Å². The first-order chi connectivity index (χ1) is 25.5. The number of benzene rings is 6. The molecule has 0 saturated carbocycles. The van der Waals surface area contributed by atoms with Crippen molar-refractivity contribution in [3.63, 3.8) is 0 Å². The summed E-state index contributed by atoms with van der Waals surface area (Å²) in [6, 6.07) is 32.9. The molecule has 6 rings (SSSR count). The van der Waals surface area contributed by atoms with Crippen molar-refractivity contribution in [2.45, 2.75) is 100 Å². The second-order valence-corrected chi connectivity index (χ2v) is 19.7. The standard InChI is InChI=1S/C48H52N2O2S2.Cu/c1-29(2)53-41-25-35(47(5,6)7)23-33(45(41)51)27-49-39-21-19-31-15-11-13-17-37(31)43(39)44-38-18-14-12-16-32(38)20-22-40(44)50-28-34-24-36(48(8,9)10)26-42(46(34)52)54-30(3)4;/h11-30,51-52H,1-10H3;/q;+2/p-2. The molecule has 0 spiro atoms. The molecular formula is C48H50CuN2O2S2. The third-order valence-corrected chi connectivity index (χ3v) is 11.4. The van der Waals surface area contributed by atoms with Gasteiger partial charge >= 0.3 is 17.1 Å². The average Bonchev–Trinajstić information content (AvgIpc) is 3.10. The molecule has 0 aliphatic heterocycles. The van der Waals surface area contributed by atoms with Crippen LogP contribution in [0.15, 0.2) is 117 Å². The molecule has 0 heterocycles. The van der Waals surface area contributed by atoms with Gasteiger partial charge < -0.3 is 10.2 Å². The number of aliphatic imine (C=N–C) groups is 2. The van der Waals surface area contributed by atoms with E-state index in [-0.39, 0.29) is 49.9 Å². The van der Waals surface area contributed by atoms with E-state index in [2.05, 4.69) is 106 Å². The molecule has 55 heavy (non-hydrogen) atoms. The normalized spacial score (nSPS) is 12.5. The SMILES string of the molecule is CC(C)Sc1cc(C(C)(C)C)cc(C=Nc2ccc3ccccc3c2-c2c(N=Cc3cc(C(C)(C)C)cc(SC(C)C)c3[O-])ccc3ccccc23)c1[O-].[Cu+2]. The van der Waals surface area contributed by atoms with Crippen LogP contribution in [0.2, 0.25) is 0 Å². The van der Waals surface area contributed by atoms with Crippen LogP contribution in [0.4, 0.5) is 11.4 Å². The summed E-state index contributed by atoms with van der Waals surface area (Å²) in [6.45, 7) is 21.4. The summed E-state index contributed by atoms with van der Waals surface area (Å²) in [4.78, 5) is 11.7. The van der Waals surface area contributed by atoms with Gasteiger partial charge in [0.2, 0.25) is 0 Å². The van der Waals surface area contributed by atoms with Gasteiger partial charge in [-0.1, -0.05) is 154 Å². The van der Waals surface area contributed by atoms with Crippen LogP contribution >= 0.6 is 23.5 Å². The minimum Gasteiger partial charge on any atom is -0.871 e. The molecule has 0 saturated heterocycles. The Hall–Kier alpha value is -4.00. The van der Waals surface area contributed by atoms with Crippen molar-refractivity contribution in [3.05, 3.63) is 119 Å². The zero-order chi connectivity index (χ0) is 38.9. The first-order valence-electron chi connectivity index (χ1n) is 18.7. The van der Waals surface area contributed by atoms with Gasteiger partial charge in [-0.3, -0.25) is 9.98 Å². The zero-order valence-electron chi connectivity index (χ0n) is 33.4. The molecule has 4 nitrogen and oxygen atoms in total. The van der Waals surface area contributed by atoms with Crippen LogP contribution in [0, 0.1) is 0 Å². The molecule has 7 heteroatoms. The maximum atomic E-state index is 13.9. The van der Waals surface area contributed by atoms with Crippen LogP contribution in [0.5, 0.6) is 11.5 Å². The largest absolute Gasteiger partial charge is 2.00 e. The fourth-order valence-electron chi connectivity index (χ4n) is 6.53. The number of rotatable bonds is 9. The minimum absolute atomic E-state index is 0. The summed E-state index contributed by atoms with van der Waals surface area (Å²) in [5.41, 5.74) is 6.35. The quantitative estimate of drug-likeness (QED) is 0.0828. The molecule has 0 atom stereocenters. The summed E-state index contributed by atoms with van der Waals surface area (Å²) in [5.74, 6) is -0.0201. The number of nitrogens with zero attached hydrogens (tertiary/aromatic N) is 2. The number of thioether (sulfide) groups is 2. The number of hydrogen-bond donors (Lipinski definition) is 0. The Labute approximate surface area is 346 Å². The van der Waals surface area contributed by atoms with Gasteiger partial charge in [-0.2, -0.15) is 0 Å². The van der Waals surface area contributed by atoms with E-state index in [1.54, 1.807) is 36.0 Å². The van der Waals surface area contributed by atoms with Gasteiger partial charge in [0.15, 0.2) is 0 Å². The summed E-state index contributed by atoms with van der Waals surface area (Å²) in [7, 11) is 0. The fraction of sp³-hybridized carbons (Fsp3) is 0.292. The van der Waals surface area contributed by atoms with E-state index in [1.807, 2.05) is 60.7 Å². The molecule has 0 unspecified atom stereocenters. The molecule has 6 aromatic carbocycles. The Bertz CT molecular complexity index is 2230. The topological polar surface area (TPSA) is 70.8 Å². The second-order valence-electron chi connectivity index (χ2n) is 16.5. The molecule has 0 aromatic heterocycles. The molecule has 6 aromatic rings. The van der Waals surface area contributed by atoms with Crippen molar-refractivity contribution in [1.29, 1.82) is 0 Å².